The number of halogens is 3. The van der Waals surface area contributed by atoms with E-state index in [1.54, 1.807) is 0 Å². The number of nitrogens with two attached hydrogens (primary N) is 1. The zero-order valence-electron chi connectivity index (χ0n) is 8.34. The van der Waals surface area contributed by atoms with Crippen LogP contribution in [0.25, 0.3) is 11.3 Å². The van der Waals surface area contributed by atoms with Gasteiger partial charge in [-0.3, -0.25) is 4.68 Å². The number of rotatable bonds is 1. The molecule has 3 nitrogen and oxygen atoms in total. The van der Waals surface area contributed by atoms with Gasteiger partial charge < -0.3 is 5.73 Å². The summed E-state index contributed by atoms with van der Waals surface area (Å²) in [5, 5.41) is 3.79. The van der Waals surface area contributed by atoms with Gasteiger partial charge in [0.25, 0.3) is 0 Å². The Kier molecular flexibility index (Phi) is 2.34. The Labute approximate surface area is 89.3 Å². The van der Waals surface area contributed by atoms with Gasteiger partial charge in [0.05, 0.1) is 5.56 Å². The van der Waals surface area contributed by atoms with Gasteiger partial charge in [0.15, 0.2) is 11.6 Å². The van der Waals surface area contributed by atoms with Crippen molar-refractivity contribution in [2.24, 2.45) is 7.05 Å². The Morgan fingerprint density at radius 3 is 2.38 bits per heavy atom. The minimum absolute atomic E-state index is 0.0329. The molecule has 0 aliphatic heterocycles. The molecule has 2 rings (SSSR count). The first-order chi connectivity index (χ1) is 7.50. The fourth-order valence-corrected chi connectivity index (χ4v) is 1.37. The van der Waals surface area contributed by atoms with Crippen LogP contribution in [0.5, 0.6) is 0 Å². The average molecular weight is 227 g/mol. The van der Waals surface area contributed by atoms with Crippen LogP contribution in [0.1, 0.15) is 0 Å². The van der Waals surface area contributed by atoms with Gasteiger partial charge in [-0.2, -0.15) is 5.10 Å². The zero-order valence-corrected chi connectivity index (χ0v) is 8.34. The molecule has 2 aromatic rings. The number of aryl methyl sites for hydroxylation is 1. The van der Waals surface area contributed by atoms with Crippen LogP contribution in [0.2, 0.25) is 0 Å². The van der Waals surface area contributed by atoms with E-state index in [0.29, 0.717) is 0 Å². The summed E-state index contributed by atoms with van der Waals surface area (Å²) in [6.07, 6.45) is 0. The monoisotopic (exact) mass is 227 g/mol. The van der Waals surface area contributed by atoms with E-state index in [-0.39, 0.29) is 11.5 Å². The molecule has 1 heterocycles. The number of hydrogen-bond donors (Lipinski definition) is 1. The summed E-state index contributed by atoms with van der Waals surface area (Å²) >= 11 is 0. The van der Waals surface area contributed by atoms with E-state index in [1.807, 2.05) is 0 Å². The van der Waals surface area contributed by atoms with Crippen molar-refractivity contribution < 1.29 is 13.2 Å². The zero-order chi connectivity index (χ0) is 11.9. The molecule has 1 aromatic heterocycles. The van der Waals surface area contributed by atoms with Gasteiger partial charge in [0.1, 0.15) is 17.3 Å². The molecule has 0 bridgehead atoms. The van der Waals surface area contributed by atoms with Gasteiger partial charge in [-0.25, -0.2) is 13.2 Å². The molecule has 0 aliphatic rings. The maximum atomic E-state index is 13.4. The third-order valence-corrected chi connectivity index (χ3v) is 2.22. The standard InChI is InChI=1S/C10H8F3N3/c1-16-8(14)4-7(15-16)9-5(11)2-3-6(12)10(9)13/h2-4H,14H2,1H3. The molecule has 0 radical (unpaired) electrons. The maximum absolute atomic E-state index is 13.4. The molecule has 84 valence electrons. The predicted molar refractivity (Wildman–Crippen MR) is 52.9 cm³/mol. The van der Waals surface area contributed by atoms with Crippen molar-refractivity contribution in [3.05, 3.63) is 35.7 Å². The van der Waals surface area contributed by atoms with Crippen molar-refractivity contribution in [1.82, 2.24) is 9.78 Å². The van der Waals surface area contributed by atoms with Crippen molar-refractivity contribution in [2.75, 3.05) is 5.73 Å². The smallest absolute Gasteiger partial charge is 0.171 e. The predicted octanol–water partition coefficient (Wildman–Crippen LogP) is 2.09. The van der Waals surface area contributed by atoms with Crippen molar-refractivity contribution in [3.63, 3.8) is 0 Å². The Morgan fingerprint density at radius 2 is 1.81 bits per heavy atom. The summed E-state index contributed by atoms with van der Waals surface area (Å²) in [4.78, 5) is 0. The Morgan fingerprint density at radius 1 is 1.19 bits per heavy atom. The minimum atomic E-state index is -1.27. The van der Waals surface area contributed by atoms with Gasteiger partial charge in [-0.15, -0.1) is 0 Å². The molecule has 0 saturated carbocycles. The fourth-order valence-electron chi connectivity index (χ4n) is 1.37. The van der Waals surface area contributed by atoms with Crippen molar-refractivity contribution in [1.29, 1.82) is 0 Å². The molecule has 0 saturated heterocycles. The summed E-state index contributed by atoms with van der Waals surface area (Å²) in [7, 11) is 1.52. The number of nitrogens with zero attached hydrogens (tertiary/aromatic N) is 2. The molecular weight excluding hydrogens is 219 g/mol. The van der Waals surface area contributed by atoms with Crippen LogP contribution < -0.4 is 5.73 Å². The van der Waals surface area contributed by atoms with Gasteiger partial charge in [0.2, 0.25) is 0 Å². The number of nitrogen functional groups attached to an aromatic ring is 1. The van der Waals surface area contributed by atoms with Crippen LogP contribution in [-0.2, 0) is 7.05 Å². The van der Waals surface area contributed by atoms with Gasteiger partial charge in [-0.1, -0.05) is 0 Å². The molecule has 0 unspecified atom stereocenters. The lowest BCUT2D eigenvalue weighted by molar-refractivity contribution is 0.498. The lowest BCUT2D eigenvalue weighted by atomic mass is 10.1. The molecule has 16 heavy (non-hydrogen) atoms. The van der Waals surface area contributed by atoms with E-state index in [1.165, 1.54) is 17.8 Å². The highest BCUT2D eigenvalue weighted by atomic mass is 19.2. The molecule has 0 atom stereocenters. The topological polar surface area (TPSA) is 43.8 Å². The second kappa shape index (κ2) is 3.55. The van der Waals surface area contributed by atoms with Crippen LogP contribution in [0.4, 0.5) is 19.0 Å². The van der Waals surface area contributed by atoms with Crippen LogP contribution in [0.3, 0.4) is 0 Å². The van der Waals surface area contributed by atoms with Crippen LogP contribution in [0, 0.1) is 17.5 Å². The van der Waals surface area contributed by atoms with Crippen LogP contribution in [0.15, 0.2) is 18.2 Å². The van der Waals surface area contributed by atoms with Crippen molar-refractivity contribution in [2.45, 2.75) is 0 Å². The largest absolute Gasteiger partial charge is 0.384 e. The first-order valence-electron chi connectivity index (χ1n) is 4.44. The van der Waals surface area contributed by atoms with E-state index < -0.39 is 23.0 Å². The molecule has 0 amide bonds. The third-order valence-electron chi connectivity index (χ3n) is 2.22. The lowest BCUT2D eigenvalue weighted by Gasteiger charge is -2.01. The average Bonchev–Trinajstić information content (AvgIpc) is 2.54. The van der Waals surface area contributed by atoms with Crippen LogP contribution in [-0.4, -0.2) is 9.78 Å². The molecular formula is C10H8F3N3. The number of aromatic nitrogens is 2. The number of anilines is 1. The molecule has 1 aromatic carbocycles. The van der Waals surface area contributed by atoms with E-state index in [4.69, 9.17) is 5.73 Å². The Hall–Kier alpha value is -1.98. The fraction of sp³-hybridized carbons (Fsp3) is 0.100. The first kappa shape index (κ1) is 10.5. The van der Waals surface area contributed by atoms with Gasteiger partial charge in [0, 0.05) is 13.1 Å². The minimum Gasteiger partial charge on any atom is -0.384 e. The highest BCUT2D eigenvalue weighted by Crippen LogP contribution is 2.27. The molecule has 0 spiro atoms. The summed E-state index contributed by atoms with van der Waals surface area (Å²) in [5.41, 5.74) is 4.94. The SMILES string of the molecule is Cn1nc(-c2c(F)ccc(F)c2F)cc1N. The van der Waals surface area contributed by atoms with E-state index in [9.17, 15) is 13.2 Å². The number of benzene rings is 1. The summed E-state index contributed by atoms with van der Waals surface area (Å²) in [6.45, 7) is 0. The third kappa shape index (κ3) is 1.52. The summed E-state index contributed by atoms with van der Waals surface area (Å²) in [5.74, 6) is -3.03. The van der Waals surface area contributed by atoms with E-state index in [0.717, 1.165) is 12.1 Å². The van der Waals surface area contributed by atoms with E-state index >= 15 is 0 Å². The Bertz CT molecular complexity index is 529. The summed E-state index contributed by atoms with van der Waals surface area (Å²) in [6, 6.07) is 2.85. The Balaban J connectivity index is 2.68. The molecule has 2 N–H and O–H groups in total. The van der Waals surface area contributed by atoms with E-state index in [2.05, 4.69) is 5.10 Å². The molecule has 6 heteroatoms. The maximum Gasteiger partial charge on any atom is 0.171 e. The quantitative estimate of drug-likeness (QED) is 0.758. The van der Waals surface area contributed by atoms with Gasteiger partial charge >= 0.3 is 0 Å². The van der Waals surface area contributed by atoms with Gasteiger partial charge in [-0.05, 0) is 12.1 Å². The second-order valence-electron chi connectivity index (χ2n) is 3.30. The highest BCUT2D eigenvalue weighted by molar-refractivity contribution is 5.63. The summed E-state index contributed by atoms with van der Waals surface area (Å²) < 4.78 is 40.9. The first-order valence-corrected chi connectivity index (χ1v) is 4.44. The molecule has 0 aliphatic carbocycles. The molecule has 0 fully saturated rings. The lowest BCUT2D eigenvalue weighted by Crippen LogP contribution is -1.98. The van der Waals surface area contributed by atoms with Crippen molar-refractivity contribution >= 4 is 5.82 Å². The second-order valence-corrected chi connectivity index (χ2v) is 3.30. The van der Waals surface area contributed by atoms with Crippen molar-refractivity contribution in [3.8, 4) is 11.3 Å². The number of hydrogen-bond acceptors (Lipinski definition) is 2. The van der Waals surface area contributed by atoms with Crippen LogP contribution >= 0.6 is 0 Å². The highest BCUT2D eigenvalue weighted by Gasteiger charge is 2.18. The normalized spacial score (nSPS) is 10.8.